The molecule has 0 aliphatic rings. The topological polar surface area (TPSA) is 84.2 Å². The smallest absolute Gasteiger partial charge is 0.312 e. The number of thiophene rings is 1. The van der Waals surface area contributed by atoms with Gasteiger partial charge < -0.3 is 16.4 Å². The molecule has 3 aromatic rings. The molecule has 3 amide bonds. The second-order valence-electron chi connectivity index (χ2n) is 6.60. The van der Waals surface area contributed by atoms with Gasteiger partial charge in [-0.15, -0.1) is 11.3 Å². The number of rotatable bonds is 7. The van der Waals surface area contributed by atoms with E-state index in [0.29, 0.717) is 0 Å². The molecule has 2 aromatic carbocycles. The van der Waals surface area contributed by atoms with Gasteiger partial charge in [-0.25, -0.2) is 4.79 Å². The molecule has 0 spiro atoms. The van der Waals surface area contributed by atoms with E-state index < -0.39 is 12.1 Å². The van der Waals surface area contributed by atoms with Crippen LogP contribution in [0.3, 0.4) is 0 Å². The SMILES string of the molecule is Cc1ccc([C@H](NC(=O)C[C@H](NC(N)=O)c2ccccc2)c2cccs2)cc1. The number of primary amides is 1. The Bertz CT molecular complexity index is 909. The molecule has 0 radical (unpaired) electrons. The Morgan fingerprint density at radius 2 is 1.64 bits per heavy atom. The predicted molar refractivity (Wildman–Crippen MR) is 112 cm³/mol. The zero-order chi connectivity index (χ0) is 19.9. The fraction of sp³-hybridized carbons (Fsp3) is 0.182. The van der Waals surface area contributed by atoms with Crippen molar-refractivity contribution in [3.63, 3.8) is 0 Å². The summed E-state index contributed by atoms with van der Waals surface area (Å²) in [5.41, 5.74) is 8.32. The van der Waals surface area contributed by atoms with Gasteiger partial charge in [-0.1, -0.05) is 66.2 Å². The lowest BCUT2D eigenvalue weighted by atomic mass is 10.0. The van der Waals surface area contributed by atoms with Gasteiger partial charge in [0.25, 0.3) is 0 Å². The van der Waals surface area contributed by atoms with Crippen molar-refractivity contribution in [2.24, 2.45) is 5.73 Å². The highest BCUT2D eigenvalue weighted by Crippen LogP contribution is 2.27. The van der Waals surface area contributed by atoms with Crippen LogP contribution in [-0.4, -0.2) is 11.9 Å². The van der Waals surface area contributed by atoms with Crippen LogP contribution in [0.5, 0.6) is 0 Å². The Morgan fingerprint density at radius 3 is 2.25 bits per heavy atom. The number of amides is 3. The third-order valence-corrected chi connectivity index (χ3v) is 5.39. The molecule has 144 valence electrons. The Morgan fingerprint density at radius 1 is 0.929 bits per heavy atom. The zero-order valence-corrected chi connectivity index (χ0v) is 16.4. The third-order valence-electron chi connectivity index (χ3n) is 4.45. The van der Waals surface area contributed by atoms with Crippen LogP contribution in [0.2, 0.25) is 0 Å². The van der Waals surface area contributed by atoms with Crippen LogP contribution < -0.4 is 16.4 Å². The number of nitrogens with two attached hydrogens (primary N) is 1. The standard InChI is InChI=1S/C22H23N3O2S/c1-15-9-11-17(12-10-15)21(19-8-5-13-28-19)25-20(26)14-18(24-22(23)27)16-6-3-2-4-7-16/h2-13,18,21H,14H2,1H3,(H,25,26)(H3,23,24,27)/t18-,21-/m0/s1. The summed E-state index contributed by atoms with van der Waals surface area (Å²) in [6.45, 7) is 2.03. The quantitative estimate of drug-likeness (QED) is 0.565. The Hall–Kier alpha value is -3.12. The van der Waals surface area contributed by atoms with Crippen molar-refractivity contribution in [1.82, 2.24) is 10.6 Å². The molecular formula is C22H23N3O2S. The lowest BCUT2D eigenvalue weighted by molar-refractivity contribution is -0.122. The highest BCUT2D eigenvalue weighted by Gasteiger charge is 2.22. The van der Waals surface area contributed by atoms with Crippen molar-refractivity contribution in [2.45, 2.75) is 25.4 Å². The van der Waals surface area contributed by atoms with E-state index in [2.05, 4.69) is 10.6 Å². The Balaban J connectivity index is 1.79. The van der Waals surface area contributed by atoms with Crippen LogP contribution >= 0.6 is 11.3 Å². The van der Waals surface area contributed by atoms with E-state index in [4.69, 9.17) is 5.73 Å². The third kappa shape index (κ3) is 5.20. The van der Waals surface area contributed by atoms with Crippen molar-refractivity contribution in [1.29, 1.82) is 0 Å². The van der Waals surface area contributed by atoms with Crippen molar-refractivity contribution in [3.05, 3.63) is 93.7 Å². The van der Waals surface area contributed by atoms with E-state index in [1.54, 1.807) is 11.3 Å². The number of benzene rings is 2. The van der Waals surface area contributed by atoms with Gasteiger partial charge in [0.1, 0.15) is 0 Å². The molecule has 0 saturated carbocycles. The highest BCUT2D eigenvalue weighted by molar-refractivity contribution is 7.10. The molecule has 4 N–H and O–H groups in total. The van der Waals surface area contributed by atoms with Gasteiger partial charge in [0.2, 0.25) is 5.91 Å². The molecule has 3 rings (SSSR count). The lowest BCUT2D eigenvalue weighted by Crippen LogP contribution is -2.37. The molecule has 28 heavy (non-hydrogen) atoms. The van der Waals surface area contributed by atoms with Gasteiger partial charge in [0.15, 0.2) is 0 Å². The summed E-state index contributed by atoms with van der Waals surface area (Å²) in [6, 6.07) is 20.0. The van der Waals surface area contributed by atoms with Gasteiger partial charge in [-0.3, -0.25) is 4.79 Å². The summed E-state index contributed by atoms with van der Waals surface area (Å²) in [6.07, 6.45) is 0.0979. The molecular weight excluding hydrogens is 370 g/mol. The van der Waals surface area contributed by atoms with E-state index in [0.717, 1.165) is 21.6 Å². The maximum atomic E-state index is 12.9. The van der Waals surface area contributed by atoms with Crippen LogP contribution in [0, 0.1) is 6.92 Å². The van der Waals surface area contributed by atoms with Crippen molar-refractivity contribution >= 4 is 23.3 Å². The molecule has 0 bridgehead atoms. The fourth-order valence-electron chi connectivity index (χ4n) is 3.05. The van der Waals surface area contributed by atoms with Crippen LogP contribution in [0.15, 0.2) is 72.1 Å². The number of hydrogen-bond acceptors (Lipinski definition) is 3. The number of urea groups is 1. The average molecular weight is 394 g/mol. The first-order chi connectivity index (χ1) is 13.5. The minimum absolute atomic E-state index is 0.0979. The summed E-state index contributed by atoms with van der Waals surface area (Å²) in [7, 11) is 0. The maximum absolute atomic E-state index is 12.9. The van der Waals surface area contributed by atoms with E-state index in [-0.39, 0.29) is 18.4 Å². The second kappa shape index (κ2) is 9.19. The molecule has 5 nitrogen and oxygen atoms in total. The first kappa shape index (κ1) is 19.6. The van der Waals surface area contributed by atoms with Gasteiger partial charge in [0, 0.05) is 4.88 Å². The molecule has 0 unspecified atom stereocenters. The average Bonchev–Trinajstić information content (AvgIpc) is 3.21. The number of nitrogens with one attached hydrogen (secondary N) is 2. The van der Waals surface area contributed by atoms with Gasteiger partial charge >= 0.3 is 6.03 Å². The van der Waals surface area contributed by atoms with Crippen molar-refractivity contribution in [2.75, 3.05) is 0 Å². The van der Waals surface area contributed by atoms with Crippen molar-refractivity contribution < 1.29 is 9.59 Å². The molecule has 2 atom stereocenters. The first-order valence-electron chi connectivity index (χ1n) is 9.03. The van der Waals surface area contributed by atoms with Gasteiger partial charge in [-0.05, 0) is 29.5 Å². The molecule has 0 fully saturated rings. The Labute approximate surface area is 168 Å². The van der Waals surface area contributed by atoms with E-state index in [1.165, 1.54) is 0 Å². The number of hydrogen-bond donors (Lipinski definition) is 3. The Kier molecular flexibility index (Phi) is 6.45. The molecule has 0 aliphatic carbocycles. The van der Waals surface area contributed by atoms with E-state index in [9.17, 15) is 9.59 Å². The molecule has 6 heteroatoms. The fourth-order valence-corrected chi connectivity index (χ4v) is 3.85. The first-order valence-corrected chi connectivity index (χ1v) is 9.91. The van der Waals surface area contributed by atoms with Crippen molar-refractivity contribution in [3.8, 4) is 0 Å². The molecule has 1 aromatic heterocycles. The minimum Gasteiger partial charge on any atom is -0.352 e. The lowest BCUT2D eigenvalue weighted by Gasteiger charge is -2.22. The van der Waals surface area contributed by atoms with E-state index in [1.807, 2.05) is 79.0 Å². The van der Waals surface area contributed by atoms with Gasteiger partial charge in [0.05, 0.1) is 18.5 Å². The minimum atomic E-state index is -0.657. The van der Waals surface area contributed by atoms with Crippen LogP contribution in [-0.2, 0) is 4.79 Å². The van der Waals surface area contributed by atoms with Crippen LogP contribution in [0.1, 0.15) is 40.1 Å². The molecule has 0 aliphatic heterocycles. The second-order valence-corrected chi connectivity index (χ2v) is 7.58. The number of carbonyl (C=O) groups is 2. The normalized spacial score (nSPS) is 12.8. The maximum Gasteiger partial charge on any atom is 0.312 e. The van der Waals surface area contributed by atoms with Gasteiger partial charge in [-0.2, -0.15) is 0 Å². The number of carbonyl (C=O) groups excluding carboxylic acids is 2. The largest absolute Gasteiger partial charge is 0.352 e. The summed E-state index contributed by atoms with van der Waals surface area (Å²) in [5.74, 6) is -0.165. The molecule has 0 saturated heterocycles. The van der Waals surface area contributed by atoms with Crippen LogP contribution in [0.4, 0.5) is 4.79 Å². The van der Waals surface area contributed by atoms with E-state index >= 15 is 0 Å². The number of aryl methyl sites for hydroxylation is 1. The summed E-state index contributed by atoms with van der Waals surface area (Å²) in [5, 5.41) is 7.76. The summed E-state index contributed by atoms with van der Waals surface area (Å²) >= 11 is 1.59. The summed E-state index contributed by atoms with van der Waals surface area (Å²) in [4.78, 5) is 25.3. The summed E-state index contributed by atoms with van der Waals surface area (Å²) < 4.78 is 0. The van der Waals surface area contributed by atoms with Crippen LogP contribution in [0.25, 0.3) is 0 Å². The predicted octanol–water partition coefficient (Wildman–Crippen LogP) is 4.06. The monoisotopic (exact) mass is 393 g/mol. The highest BCUT2D eigenvalue weighted by atomic mass is 32.1. The zero-order valence-electron chi connectivity index (χ0n) is 15.6. The molecule has 1 heterocycles.